The van der Waals surface area contributed by atoms with Crippen LogP contribution in [0.3, 0.4) is 0 Å². The molecule has 1 N–H and O–H groups in total. The predicted octanol–water partition coefficient (Wildman–Crippen LogP) is 5.57. The van der Waals surface area contributed by atoms with Gasteiger partial charge in [-0.05, 0) is 55.0 Å². The molecule has 4 nitrogen and oxygen atoms in total. The summed E-state index contributed by atoms with van der Waals surface area (Å²) < 4.78 is 12.4. The minimum absolute atomic E-state index is 0.0826. The number of carbonyl (C=O) groups excluding carboxylic acids is 1. The molecule has 0 saturated heterocycles. The predicted molar refractivity (Wildman–Crippen MR) is 106 cm³/mol. The van der Waals surface area contributed by atoms with Crippen molar-refractivity contribution in [2.24, 2.45) is 0 Å². The van der Waals surface area contributed by atoms with Gasteiger partial charge < -0.3 is 14.8 Å². The molecule has 0 saturated carbocycles. The molecule has 0 unspecified atom stereocenters. The highest BCUT2D eigenvalue weighted by molar-refractivity contribution is 9.10. The van der Waals surface area contributed by atoms with E-state index in [1.807, 2.05) is 73.7 Å². The third-order valence-corrected chi connectivity index (χ3v) is 4.52. The van der Waals surface area contributed by atoms with Gasteiger partial charge in [-0.25, -0.2) is 0 Å². The lowest BCUT2D eigenvalue weighted by molar-refractivity contribution is -0.118. The summed E-state index contributed by atoms with van der Waals surface area (Å²) in [4.78, 5) is 12.2. The van der Waals surface area contributed by atoms with Gasteiger partial charge in [0, 0.05) is 4.47 Å². The van der Waals surface area contributed by atoms with Crippen LogP contribution in [-0.4, -0.2) is 12.5 Å². The normalized spacial score (nSPS) is 10.2. The molecule has 0 spiro atoms. The van der Waals surface area contributed by atoms with E-state index < -0.39 is 0 Å². The second-order valence-electron chi connectivity index (χ2n) is 5.66. The highest BCUT2D eigenvalue weighted by Crippen LogP contribution is 2.29. The lowest BCUT2D eigenvalue weighted by Crippen LogP contribution is -2.20. The zero-order valence-corrected chi connectivity index (χ0v) is 15.8. The Morgan fingerprint density at radius 3 is 2.46 bits per heavy atom. The van der Waals surface area contributed by atoms with Gasteiger partial charge >= 0.3 is 0 Å². The first kappa shape index (κ1) is 18.0. The number of rotatable bonds is 6. The minimum Gasteiger partial charge on any atom is -0.484 e. The van der Waals surface area contributed by atoms with Crippen molar-refractivity contribution in [3.05, 3.63) is 82.8 Å². The Morgan fingerprint density at radius 2 is 1.69 bits per heavy atom. The average molecular weight is 412 g/mol. The lowest BCUT2D eigenvalue weighted by Gasteiger charge is -2.13. The van der Waals surface area contributed by atoms with Gasteiger partial charge in [0.15, 0.2) is 12.4 Å². The van der Waals surface area contributed by atoms with E-state index in [9.17, 15) is 4.79 Å². The number of para-hydroxylation sites is 3. The fraction of sp³-hybridized carbons (Fsp3) is 0.0952. The standard InChI is InChI=1S/C21H18BrNO3/c1-15-13-17(11-12-18(15)22)25-14-21(24)23-19-9-5-6-10-20(19)26-16-7-3-2-4-8-16/h2-13H,14H2,1H3,(H,23,24). The van der Waals surface area contributed by atoms with E-state index in [1.165, 1.54) is 0 Å². The number of hydrogen-bond donors (Lipinski definition) is 1. The van der Waals surface area contributed by atoms with Crippen molar-refractivity contribution < 1.29 is 14.3 Å². The van der Waals surface area contributed by atoms with Crippen LogP contribution in [0.2, 0.25) is 0 Å². The largest absolute Gasteiger partial charge is 0.484 e. The van der Waals surface area contributed by atoms with Crippen molar-refractivity contribution in [1.29, 1.82) is 0 Å². The maximum absolute atomic E-state index is 12.2. The van der Waals surface area contributed by atoms with Crippen LogP contribution < -0.4 is 14.8 Å². The maximum atomic E-state index is 12.2. The monoisotopic (exact) mass is 411 g/mol. The van der Waals surface area contributed by atoms with Crippen molar-refractivity contribution in [1.82, 2.24) is 0 Å². The van der Waals surface area contributed by atoms with E-state index in [4.69, 9.17) is 9.47 Å². The van der Waals surface area contributed by atoms with Gasteiger partial charge in [0.1, 0.15) is 11.5 Å². The third kappa shape index (κ3) is 4.86. The molecule has 0 heterocycles. The molecule has 3 rings (SSSR count). The number of hydrogen-bond acceptors (Lipinski definition) is 3. The summed E-state index contributed by atoms with van der Waals surface area (Å²) in [6.07, 6.45) is 0. The smallest absolute Gasteiger partial charge is 0.262 e. The molecule has 0 aliphatic rings. The molecule has 0 radical (unpaired) electrons. The van der Waals surface area contributed by atoms with Crippen molar-refractivity contribution in [3.8, 4) is 17.2 Å². The molecule has 26 heavy (non-hydrogen) atoms. The number of ether oxygens (including phenoxy) is 2. The summed E-state index contributed by atoms with van der Waals surface area (Å²) >= 11 is 3.44. The van der Waals surface area contributed by atoms with Gasteiger partial charge in [-0.1, -0.05) is 46.3 Å². The quantitative estimate of drug-likeness (QED) is 0.576. The van der Waals surface area contributed by atoms with Crippen LogP contribution in [0, 0.1) is 6.92 Å². The molecule has 3 aromatic carbocycles. The summed E-state index contributed by atoms with van der Waals surface area (Å²) in [7, 11) is 0. The fourth-order valence-electron chi connectivity index (χ4n) is 2.32. The van der Waals surface area contributed by atoms with Gasteiger partial charge in [0.05, 0.1) is 5.69 Å². The molecular formula is C21H18BrNO3. The van der Waals surface area contributed by atoms with Crippen LogP contribution in [-0.2, 0) is 4.79 Å². The van der Waals surface area contributed by atoms with Gasteiger partial charge in [0.2, 0.25) is 0 Å². The summed E-state index contributed by atoms with van der Waals surface area (Å²) in [5.74, 6) is 1.67. The first-order valence-electron chi connectivity index (χ1n) is 8.12. The van der Waals surface area contributed by atoms with Crippen LogP contribution in [0.25, 0.3) is 0 Å². The first-order valence-corrected chi connectivity index (χ1v) is 8.92. The van der Waals surface area contributed by atoms with Crippen LogP contribution in [0.5, 0.6) is 17.2 Å². The van der Waals surface area contributed by atoms with Gasteiger partial charge in [0.25, 0.3) is 5.91 Å². The molecule has 0 atom stereocenters. The number of halogens is 1. The van der Waals surface area contributed by atoms with E-state index in [0.717, 1.165) is 10.0 Å². The van der Waals surface area contributed by atoms with E-state index in [1.54, 1.807) is 6.07 Å². The van der Waals surface area contributed by atoms with Crippen LogP contribution >= 0.6 is 15.9 Å². The molecule has 0 aromatic heterocycles. The number of benzene rings is 3. The molecule has 0 aliphatic heterocycles. The Balaban J connectivity index is 1.63. The first-order chi connectivity index (χ1) is 12.6. The average Bonchev–Trinajstić information content (AvgIpc) is 2.65. The molecule has 132 valence electrons. The summed E-state index contributed by atoms with van der Waals surface area (Å²) in [5.41, 5.74) is 1.64. The van der Waals surface area contributed by atoms with Gasteiger partial charge in [-0.15, -0.1) is 0 Å². The number of aryl methyl sites for hydroxylation is 1. The highest BCUT2D eigenvalue weighted by atomic mass is 79.9. The summed E-state index contributed by atoms with van der Waals surface area (Å²) in [6, 6.07) is 22.3. The number of carbonyl (C=O) groups is 1. The summed E-state index contributed by atoms with van der Waals surface area (Å²) in [5, 5.41) is 2.83. The third-order valence-electron chi connectivity index (χ3n) is 3.63. The lowest BCUT2D eigenvalue weighted by atomic mass is 10.2. The maximum Gasteiger partial charge on any atom is 0.262 e. The van der Waals surface area contributed by atoms with Crippen molar-refractivity contribution >= 4 is 27.5 Å². The number of amides is 1. The Labute approximate surface area is 160 Å². The molecule has 0 aliphatic carbocycles. The topological polar surface area (TPSA) is 47.6 Å². The van der Waals surface area contributed by atoms with Crippen LogP contribution in [0.15, 0.2) is 77.3 Å². The second-order valence-corrected chi connectivity index (χ2v) is 6.51. The molecule has 0 bridgehead atoms. The Morgan fingerprint density at radius 1 is 0.962 bits per heavy atom. The Kier molecular flexibility index (Phi) is 5.92. The highest BCUT2D eigenvalue weighted by Gasteiger charge is 2.09. The zero-order valence-electron chi connectivity index (χ0n) is 14.2. The minimum atomic E-state index is -0.255. The van der Waals surface area contributed by atoms with E-state index in [0.29, 0.717) is 22.9 Å². The number of nitrogens with one attached hydrogen (secondary N) is 1. The van der Waals surface area contributed by atoms with E-state index >= 15 is 0 Å². The van der Waals surface area contributed by atoms with E-state index in [-0.39, 0.29) is 12.5 Å². The SMILES string of the molecule is Cc1cc(OCC(=O)Nc2ccccc2Oc2ccccc2)ccc1Br. The zero-order chi connectivity index (χ0) is 18.4. The van der Waals surface area contributed by atoms with Gasteiger partial charge in [-0.2, -0.15) is 0 Å². The van der Waals surface area contributed by atoms with Gasteiger partial charge in [-0.3, -0.25) is 4.79 Å². The fourth-order valence-corrected chi connectivity index (χ4v) is 2.56. The van der Waals surface area contributed by atoms with Crippen molar-refractivity contribution in [3.63, 3.8) is 0 Å². The van der Waals surface area contributed by atoms with E-state index in [2.05, 4.69) is 21.2 Å². The molecule has 1 amide bonds. The molecule has 5 heteroatoms. The number of anilines is 1. The van der Waals surface area contributed by atoms with Crippen molar-refractivity contribution in [2.75, 3.05) is 11.9 Å². The molecule has 3 aromatic rings. The Bertz CT molecular complexity index is 897. The molecule has 0 fully saturated rings. The molecular weight excluding hydrogens is 394 g/mol. The summed E-state index contributed by atoms with van der Waals surface area (Å²) in [6.45, 7) is 1.88. The second kappa shape index (κ2) is 8.54. The van der Waals surface area contributed by atoms with Crippen LogP contribution in [0.1, 0.15) is 5.56 Å². The van der Waals surface area contributed by atoms with Crippen molar-refractivity contribution in [2.45, 2.75) is 6.92 Å². The van der Waals surface area contributed by atoms with Crippen LogP contribution in [0.4, 0.5) is 5.69 Å². The Hall–Kier alpha value is -2.79.